The van der Waals surface area contributed by atoms with Crippen molar-refractivity contribution in [3.63, 3.8) is 0 Å². The van der Waals surface area contributed by atoms with Gasteiger partial charge in [-0.25, -0.2) is 0 Å². The minimum atomic E-state index is -0.240. The van der Waals surface area contributed by atoms with Crippen molar-refractivity contribution in [1.29, 1.82) is 0 Å². The normalized spacial score (nSPS) is 24.1. The standard InChI is InChI=1S/C17H13ClO2/c18-13-8-6-11(7-9-13)15-14(10-19)16(15)17(20)12-4-2-1-3-5-12/h1-10,14-16H/t14-,15-,16+/m0/s1. The number of aldehydes is 1. The second-order valence-electron chi connectivity index (χ2n) is 5.05. The summed E-state index contributed by atoms with van der Waals surface area (Å²) >= 11 is 5.87. The van der Waals surface area contributed by atoms with Crippen LogP contribution in [0.2, 0.25) is 5.02 Å². The zero-order valence-corrected chi connectivity index (χ0v) is 11.5. The molecule has 0 heterocycles. The van der Waals surface area contributed by atoms with Crippen molar-refractivity contribution < 1.29 is 9.59 Å². The Kier molecular flexibility index (Phi) is 3.41. The second-order valence-corrected chi connectivity index (χ2v) is 5.48. The van der Waals surface area contributed by atoms with Crippen molar-refractivity contribution in [2.24, 2.45) is 11.8 Å². The van der Waals surface area contributed by atoms with E-state index in [1.807, 2.05) is 30.3 Å². The van der Waals surface area contributed by atoms with Crippen LogP contribution in [-0.4, -0.2) is 12.1 Å². The molecule has 1 aliphatic carbocycles. The number of hydrogen-bond donors (Lipinski definition) is 0. The lowest BCUT2D eigenvalue weighted by Gasteiger charge is -2.01. The van der Waals surface area contributed by atoms with Crippen LogP contribution in [0.5, 0.6) is 0 Å². The van der Waals surface area contributed by atoms with Gasteiger partial charge < -0.3 is 4.79 Å². The zero-order valence-electron chi connectivity index (χ0n) is 10.7. The van der Waals surface area contributed by atoms with Crippen LogP contribution in [0.25, 0.3) is 0 Å². The Morgan fingerprint density at radius 3 is 2.25 bits per heavy atom. The molecule has 3 rings (SSSR count). The average molecular weight is 285 g/mol. The van der Waals surface area contributed by atoms with E-state index in [-0.39, 0.29) is 23.5 Å². The maximum atomic E-state index is 12.4. The number of carbonyl (C=O) groups excluding carboxylic acids is 2. The molecule has 0 aromatic heterocycles. The summed E-state index contributed by atoms with van der Waals surface area (Å²) in [6, 6.07) is 16.5. The molecule has 1 aliphatic rings. The number of hydrogen-bond acceptors (Lipinski definition) is 2. The Labute approximate surface area is 122 Å². The molecular weight excluding hydrogens is 272 g/mol. The average Bonchev–Trinajstić information content (AvgIpc) is 3.22. The molecule has 3 atom stereocenters. The first-order chi connectivity index (χ1) is 9.72. The van der Waals surface area contributed by atoms with Gasteiger partial charge in [0.1, 0.15) is 6.29 Å². The van der Waals surface area contributed by atoms with Crippen LogP contribution >= 0.6 is 11.6 Å². The van der Waals surface area contributed by atoms with Gasteiger partial charge >= 0.3 is 0 Å². The lowest BCUT2D eigenvalue weighted by molar-refractivity contribution is -0.109. The fraction of sp³-hybridized carbons (Fsp3) is 0.176. The molecule has 100 valence electrons. The molecule has 2 nitrogen and oxygen atoms in total. The molecule has 0 radical (unpaired) electrons. The lowest BCUT2D eigenvalue weighted by Crippen LogP contribution is -2.04. The smallest absolute Gasteiger partial charge is 0.167 e. The van der Waals surface area contributed by atoms with Crippen molar-refractivity contribution in [2.75, 3.05) is 0 Å². The number of rotatable bonds is 4. The minimum absolute atomic E-state index is 0.0162. The maximum absolute atomic E-state index is 12.4. The molecule has 0 saturated heterocycles. The monoisotopic (exact) mass is 284 g/mol. The van der Waals surface area contributed by atoms with Crippen molar-refractivity contribution in [1.82, 2.24) is 0 Å². The topological polar surface area (TPSA) is 34.1 Å². The summed E-state index contributed by atoms with van der Waals surface area (Å²) in [5.41, 5.74) is 1.67. The van der Waals surface area contributed by atoms with Crippen molar-refractivity contribution in [3.05, 3.63) is 70.7 Å². The van der Waals surface area contributed by atoms with Crippen molar-refractivity contribution >= 4 is 23.7 Å². The fourth-order valence-electron chi connectivity index (χ4n) is 2.75. The predicted molar refractivity (Wildman–Crippen MR) is 78.0 cm³/mol. The molecule has 1 saturated carbocycles. The number of halogens is 1. The number of benzene rings is 2. The number of carbonyl (C=O) groups is 2. The first-order valence-electron chi connectivity index (χ1n) is 6.52. The molecule has 0 bridgehead atoms. The molecule has 0 unspecified atom stereocenters. The summed E-state index contributed by atoms with van der Waals surface area (Å²) < 4.78 is 0. The Balaban J connectivity index is 1.86. The Hall–Kier alpha value is -1.93. The van der Waals surface area contributed by atoms with E-state index in [1.54, 1.807) is 24.3 Å². The molecular formula is C17H13ClO2. The highest BCUT2D eigenvalue weighted by Gasteiger charge is 2.55. The molecule has 3 heteroatoms. The van der Waals surface area contributed by atoms with Gasteiger partial charge in [0, 0.05) is 28.3 Å². The summed E-state index contributed by atoms with van der Waals surface area (Å²) in [7, 11) is 0. The molecule has 2 aromatic rings. The largest absolute Gasteiger partial charge is 0.303 e. The zero-order chi connectivity index (χ0) is 14.1. The first kappa shape index (κ1) is 13.1. The third-order valence-corrected chi connectivity index (χ3v) is 4.10. The van der Waals surface area contributed by atoms with Crippen LogP contribution in [0.3, 0.4) is 0 Å². The molecule has 0 amide bonds. The van der Waals surface area contributed by atoms with Gasteiger partial charge in [-0.15, -0.1) is 0 Å². The van der Waals surface area contributed by atoms with Gasteiger partial charge in [0.2, 0.25) is 0 Å². The Morgan fingerprint density at radius 1 is 1.00 bits per heavy atom. The lowest BCUT2D eigenvalue weighted by atomic mass is 10.0. The van der Waals surface area contributed by atoms with E-state index in [9.17, 15) is 9.59 Å². The number of ketones is 1. The van der Waals surface area contributed by atoms with Gasteiger partial charge in [0.25, 0.3) is 0 Å². The van der Waals surface area contributed by atoms with E-state index in [0.29, 0.717) is 10.6 Å². The van der Waals surface area contributed by atoms with Crippen molar-refractivity contribution in [2.45, 2.75) is 5.92 Å². The molecule has 1 fully saturated rings. The van der Waals surface area contributed by atoms with Gasteiger partial charge in [-0.1, -0.05) is 54.1 Å². The van der Waals surface area contributed by atoms with Crippen LogP contribution in [0, 0.1) is 11.8 Å². The van der Waals surface area contributed by atoms with Crippen LogP contribution in [0.4, 0.5) is 0 Å². The summed E-state index contributed by atoms with van der Waals surface area (Å²) in [6.45, 7) is 0. The molecule has 20 heavy (non-hydrogen) atoms. The van der Waals surface area contributed by atoms with Crippen LogP contribution in [0.1, 0.15) is 21.8 Å². The van der Waals surface area contributed by atoms with E-state index in [2.05, 4.69) is 0 Å². The number of Topliss-reactive ketones (excluding diaryl/α,β-unsaturated/α-hetero) is 1. The van der Waals surface area contributed by atoms with Crippen LogP contribution < -0.4 is 0 Å². The highest BCUT2D eigenvalue weighted by Crippen LogP contribution is 2.54. The van der Waals surface area contributed by atoms with Gasteiger partial charge in [0.05, 0.1) is 0 Å². The van der Waals surface area contributed by atoms with Crippen molar-refractivity contribution in [3.8, 4) is 0 Å². The molecule has 2 aromatic carbocycles. The second kappa shape index (κ2) is 5.22. The summed E-state index contributed by atoms with van der Waals surface area (Å²) in [4.78, 5) is 23.6. The van der Waals surface area contributed by atoms with E-state index in [0.717, 1.165) is 11.8 Å². The minimum Gasteiger partial charge on any atom is -0.303 e. The summed E-state index contributed by atoms with van der Waals surface area (Å²) in [5, 5.41) is 0.656. The first-order valence-corrected chi connectivity index (χ1v) is 6.90. The Morgan fingerprint density at radius 2 is 1.65 bits per heavy atom. The molecule has 0 aliphatic heterocycles. The maximum Gasteiger partial charge on any atom is 0.167 e. The van der Waals surface area contributed by atoms with Gasteiger partial charge in [-0.3, -0.25) is 4.79 Å². The quantitative estimate of drug-likeness (QED) is 0.633. The van der Waals surface area contributed by atoms with E-state index in [1.165, 1.54) is 0 Å². The van der Waals surface area contributed by atoms with Gasteiger partial charge in [-0.05, 0) is 17.7 Å². The molecule has 0 spiro atoms. The van der Waals surface area contributed by atoms with Crippen LogP contribution in [0.15, 0.2) is 54.6 Å². The van der Waals surface area contributed by atoms with Gasteiger partial charge in [0.15, 0.2) is 5.78 Å². The third-order valence-electron chi connectivity index (χ3n) is 3.85. The SMILES string of the molecule is O=C[C@@H]1[C@@H](C(=O)c2ccccc2)[C@H]1c1ccc(Cl)cc1. The van der Waals surface area contributed by atoms with E-state index < -0.39 is 0 Å². The van der Waals surface area contributed by atoms with E-state index >= 15 is 0 Å². The highest BCUT2D eigenvalue weighted by molar-refractivity contribution is 6.30. The highest BCUT2D eigenvalue weighted by atomic mass is 35.5. The summed E-state index contributed by atoms with van der Waals surface area (Å²) in [6.07, 6.45) is 0.894. The molecule has 0 N–H and O–H groups in total. The Bertz CT molecular complexity index is 634. The van der Waals surface area contributed by atoms with Gasteiger partial charge in [-0.2, -0.15) is 0 Å². The van der Waals surface area contributed by atoms with Crippen LogP contribution in [-0.2, 0) is 4.79 Å². The summed E-state index contributed by atoms with van der Waals surface area (Å²) in [5.74, 6) is -0.430. The predicted octanol–water partition coefficient (Wildman–Crippen LogP) is 3.75. The fourth-order valence-corrected chi connectivity index (χ4v) is 2.88. The third kappa shape index (κ3) is 2.27. The van der Waals surface area contributed by atoms with E-state index in [4.69, 9.17) is 11.6 Å².